The molecule has 2 radical (unpaired) electrons. The van der Waals surface area contributed by atoms with Crippen molar-refractivity contribution in [3.63, 3.8) is 0 Å². The molecule has 0 spiro atoms. The van der Waals surface area contributed by atoms with Gasteiger partial charge in [0, 0.05) is 123 Å². The van der Waals surface area contributed by atoms with E-state index in [0.717, 1.165) is 22.3 Å². The first-order chi connectivity index (χ1) is 28.7. The van der Waals surface area contributed by atoms with Crippen molar-refractivity contribution in [3.05, 3.63) is 218 Å². The van der Waals surface area contributed by atoms with Crippen LogP contribution in [0.2, 0.25) is 0 Å². The second-order valence-electron chi connectivity index (χ2n) is 12.3. The number of hydrogen-bond donors (Lipinski definition) is 0. The maximum atomic E-state index is 3.15. The molecule has 8 aromatic carbocycles. The standard InChI is InChI=1S/2C13H11N.2C12H8.3C2H6.2Y/c2*1-14-12-8-4-2-6-10(12)11-7-3-5-9-13(11)14;2*1-3-7-11(8-4-1)12-9-5-2-6-10-12;3*1-2;;/h2*2-9H,1H3;2*1-7,9H;3*1-2H3;;/q;;2*-2;;;;;. The maximum absolute atomic E-state index is 3.15. The molecule has 0 aliphatic rings. The molecule has 0 aliphatic carbocycles. The zero-order valence-corrected chi connectivity index (χ0v) is 42.2. The minimum absolute atomic E-state index is 0. The molecule has 4 heteroatoms. The van der Waals surface area contributed by atoms with Crippen molar-refractivity contribution in [1.29, 1.82) is 0 Å². The van der Waals surface area contributed by atoms with Crippen LogP contribution in [0.25, 0.3) is 65.9 Å². The van der Waals surface area contributed by atoms with Crippen molar-refractivity contribution in [1.82, 2.24) is 9.13 Å². The Balaban J connectivity index is 0.000000262. The number of aromatic nitrogens is 2. The summed E-state index contributed by atoms with van der Waals surface area (Å²) >= 11 is 0. The molecule has 0 atom stereocenters. The second-order valence-corrected chi connectivity index (χ2v) is 12.3. The van der Waals surface area contributed by atoms with Crippen molar-refractivity contribution in [2.45, 2.75) is 41.5 Å². The van der Waals surface area contributed by atoms with Gasteiger partial charge in [0.05, 0.1) is 0 Å². The van der Waals surface area contributed by atoms with Gasteiger partial charge in [0.15, 0.2) is 0 Å². The van der Waals surface area contributed by atoms with Crippen LogP contribution >= 0.6 is 0 Å². The van der Waals surface area contributed by atoms with Gasteiger partial charge in [-0.15, -0.1) is 24.3 Å². The summed E-state index contributed by atoms with van der Waals surface area (Å²) in [5.74, 6) is 0. The Hall–Kier alpha value is -4.43. The van der Waals surface area contributed by atoms with E-state index < -0.39 is 0 Å². The maximum Gasteiger partial charge on any atom is 0.0488 e. The topological polar surface area (TPSA) is 9.86 Å². The van der Waals surface area contributed by atoms with Gasteiger partial charge in [-0.2, -0.15) is 97.1 Å². The zero-order valence-electron chi connectivity index (χ0n) is 36.5. The van der Waals surface area contributed by atoms with Crippen LogP contribution in [0.3, 0.4) is 0 Å². The Morgan fingerprint density at radius 2 is 0.450 bits per heavy atom. The van der Waals surface area contributed by atoms with Crippen molar-refractivity contribution < 1.29 is 65.4 Å². The summed E-state index contributed by atoms with van der Waals surface area (Å²) in [5.41, 5.74) is 9.58. The van der Waals surface area contributed by atoms with E-state index in [4.69, 9.17) is 0 Å². The van der Waals surface area contributed by atoms with Gasteiger partial charge < -0.3 is 9.13 Å². The van der Waals surface area contributed by atoms with E-state index in [1.54, 1.807) is 0 Å². The molecule has 0 N–H and O–H groups in total. The molecule has 0 saturated carbocycles. The molecule has 60 heavy (non-hydrogen) atoms. The van der Waals surface area contributed by atoms with Crippen LogP contribution in [0.5, 0.6) is 0 Å². The number of benzene rings is 8. The third-order valence-corrected chi connectivity index (χ3v) is 9.06. The predicted octanol–water partition coefficient (Wildman–Crippen LogP) is 15.6. The number of rotatable bonds is 2. The van der Waals surface area contributed by atoms with Crippen LogP contribution in [-0.2, 0) is 79.5 Å². The predicted molar refractivity (Wildman–Crippen MR) is 254 cm³/mol. The van der Waals surface area contributed by atoms with Gasteiger partial charge in [-0.1, -0.05) is 114 Å². The Labute approximate surface area is 410 Å². The van der Waals surface area contributed by atoms with Gasteiger partial charge in [0.1, 0.15) is 0 Å². The van der Waals surface area contributed by atoms with Gasteiger partial charge in [-0.3, -0.25) is 0 Å². The summed E-state index contributed by atoms with van der Waals surface area (Å²) in [6.07, 6.45) is 0. The second kappa shape index (κ2) is 28.9. The van der Waals surface area contributed by atoms with Crippen molar-refractivity contribution in [3.8, 4) is 22.3 Å². The Kier molecular flexibility index (Phi) is 24.9. The van der Waals surface area contributed by atoms with Crippen molar-refractivity contribution in [2.75, 3.05) is 0 Å². The van der Waals surface area contributed by atoms with E-state index in [1.165, 1.54) is 43.6 Å². The SMILES string of the molecule is CC.CC.CC.Cn1c2ccccc2c2ccccc21.Cn1c2ccccc2c2ccccc21.[Y].[Y].[c-]1ccccc1-c1[c-]cccc1.[c-]1ccccc1-c1[c-]cccc1. The summed E-state index contributed by atoms with van der Waals surface area (Å²) in [5, 5.41) is 5.35. The minimum Gasteiger partial charge on any atom is -0.344 e. The minimum atomic E-state index is 0. The molecule has 2 heterocycles. The zero-order chi connectivity index (χ0) is 41.5. The van der Waals surface area contributed by atoms with Gasteiger partial charge in [0.25, 0.3) is 0 Å². The van der Waals surface area contributed by atoms with Crippen LogP contribution in [0, 0.1) is 24.3 Å². The molecule has 0 fully saturated rings. The largest absolute Gasteiger partial charge is 0.344 e. The summed E-state index contributed by atoms with van der Waals surface area (Å²) in [7, 11) is 4.23. The van der Waals surface area contributed by atoms with E-state index in [-0.39, 0.29) is 65.4 Å². The van der Waals surface area contributed by atoms with E-state index in [2.05, 4.69) is 145 Å². The molecular weight excluding hydrogens is 878 g/mol. The van der Waals surface area contributed by atoms with Crippen LogP contribution in [0.4, 0.5) is 0 Å². The molecule has 0 amide bonds. The van der Waals surface area contributed by atoms with Crippen LogP contribution in [-0.4, -0.2) is 9.13 Å². The van der Waals surface area contributed by atoms with Gasteiger partial charge in [-0.05, 0) is 24.3 Å². The fourth-order valence-electron chi connectivity index (χ4n) is 6.48. The Morgan fingerprint density at radius 1 is 0.267 bits per heavy atom. The molecule has 0 bridgehead atoms. The third kappa shape index (κ3) is 13.8. The summed E-state index contributed by atoms with van der Waals surface area (Å²) in [4.78, 5) is 0. The van der Waals surface area contributed by atoms with E-state index >= 15 is 0 Å². The summed E-state index contributed by atoms with van der Waals surface area (Å²) < 4.78 is 4.48. The molecular formula is C56H56N2Y2-4. The number of aryl methyl sites for hydroxylation is 2. The molecule has 10 aromatic rings. The first-order valence-electron chi connectivity index (χ1n) is 20.4. The Bertz CT molecular complexity index is 2260. The van der Waals surface area contributed by atoms with E-state index in [1.807, 2.05) is 139 Å². The number of fused-ring (bicyclic) bond motifs is 6. The summed E-state index contributed by atoms with van der Waals surface area (Å²) in [6, 6.07) is 78.4. The smallest absolute Gasteiger partial charge is 0.0488 e. The molecule has 0 aliphatic heterocycles. The number of para-hydroxylation sites is 4. The fraction of sp³-hybridized carbons (Fsp3) is 0.143. The molecule has 10 rings (SSSR count). The van der Waals surface area contributed by atoms with Crippen LogP contribution < -0.4 is 0 Å². The van der Waals surface area contributed by atoms with Crippen molar-refractivity contribution in [2.24, 2.45) is 14.1 Å². The Morgan fingerprint density at radius 3 is 0.633 bits per heavy atom. The van der Waals surface area contributed by atoms with Gasteiger partial charge in [0.2, 0.25) is 0 Å². The quantitative estimate of drug-likeness (QED) is 0.153. The third-order valence-electron chi connectivity index (χ3n) is 9.06. The fourth-order valence-corrected chi connectivity index (χ4v) is 6.48. The average Bonchev–Trinajstić information content (AvgIpc) is 3.80. The normalized spacial score (nSPS) is 9.40. The van der Waals surface area contributed by atoms with Crippen LogP contribution in [0.1, 0.15) is 41.5 Å². The van der Waals surface area contributed by atoms with Crippen LogP contribution in [0.15, 0.2) is 194 Å². The first-order valence-corrected chi connectivity index (χ1v) is 20.4. The van der Waals surface area contributed by atoms with Gasteiger partial charge in [-0.25, -0.2) is 22.3 Å². The molecule has 2 nitrogen and oxygen atoms in total. The summed E-state index contributed by atoms with van der Waals surface area (Å²) in [6.45, 7) is 12.0. The van der Waals surface area contributed by atoms with Crippen molar-refractivity contribution >= 4 is 43.6 Å². The molecule has 2 aromatic heterocycles. The monoisotopic (exact) mass is 934 g/mol. The molecule has 0 unspecified atom stereocenters. The van der Waals surface area contributed by atoms with Gasteiger partial charge >= 0.3 is 0 Å². The van der Waals surface area contributed by atoms with E-state index in [9.17, 15) is 0 Å². The molecule has 300 valence electrons. The number of nitrogens with zero attached hydrogens (tertiary/aromatic N) is 2. The number of hydrogen-bond acceptors (Lipinski definition) is 0. The average molecular weight is 935 g/mol. The van der Waals surface area contributed by atoms with E-state index in [0.29, 0.717) is 0 Å². The first kappa shape index (κ1) is 51.7. The molecule has 0 saturated heterocycles.